The molecule has 9 aromatic rings. The minimum absolute atomic E-state index is 0.857. The molecule has 4 heteroatoms. The summed E-state index contributed by atoms with van der Waals surface area (Å²) >= 11 is 0. The maximum absolute atomic E-state index is 7.01. The third-order valence-corrected chi connectivity index (χ3v) is 11.2. The largest absolute Gasteiger partial charge is 0.453 e. The molecule has 262 valence electrons. The number of allylic oxidation sites excluding steroid dienone is 8. The Morgan fingerprint density at radius 2 is 1.27 bits per heavy atom. The fraction of sp³-hybridized carbons (Fsp3) is 0.0784. The first-order chi connectivity index (χ1) is 27.3. The van der Waals surface area contributed by atoms with Gasteiger partial charge in [-0.15, -0.1) is 0 Å². The molecule has 0 aliphatic heterocycles. The third kappa shape index (κ3) is 5.09. The number of aromatic nitrogens is 2. The molecule has 0 bridgehead atoms. The number of hydrogen-bond acceptors (Lipinski definition) is 3. The Hall–Kier alpha value is -6.91. The number of anilines is 3. The van der Waals surface area contributed by atoms with Gasteiger partial charge in [0.15, 0.2) is 5.58 Å². The van der Waals surface area contributed by atoms with E-state index in [1.54, 1.807) is 0 Å². The van der Waals surface area contributed by atoms with Crippen LogP contribution in [0, 0.1) is 0 Å². The van der Waals surface area contributed by atoms with E-state index in [1.807, 2.05) is 0 Å². The van der Waals surface area contributed by atoms with Gasteiger partial charge in [-0.25, -0.2) is 4.98 Å². The average molecular weight is 708 g/mol. The molecule has 2 heterocycles. The molecule has 0 radical (unpaired) electrons. The van der Waals surface area contributed by atoms with E-state index in [0.717, 1.165) is 98.1 Å². The van der Waals surface area contributed by atoms with Gasteiger partial charge in [0.25, 0.3) is 0 Å². The van der Waals surface area contributed by atoms with Crippen LogP contribution in [0.1, 0.15) is 31.5 Å². The van der Waals surface area contributed by atoms with Gasteiger partial charge in [-0.2, -0.15) is 0 Å². The molecule has 2 aromatic heterocycles. The van der Waals surface area contributed by atoms with Gasteiger partial charge in [0.1, 0.15) is 11.4 Å². The monoisotopic (exact) mass is 707 g/mol. The summed E-state index contributed by atoms with van der Waals surface area (Å²) < 4.78 is 9.37. The SMILES string of the molecule is C1=CC(c2nc3c4ccc5cccc(N(c6ccccc6)c6cccc7c6oc6c(-c8ccccc8)cccc67)c5c4ccc3n2C2=CCCC=C2)=CCC1. The van der Waals surface area contributed by atoms with E-state index in [4.69, 9.17) is 9.40 Å². The van der Waals surface area contributed by atoms with Crippen LogP contribution in [0.4, 0.5) is 17.1 Å². The Bertz CT molecular complexity index is 3090. The zero-order valence-electron chi connectivity index (χ0n) is 30.3. The second-order valence-corrected chi connectivity index (χ2v) is 14.5. The average Bonchev–Trinajstić information content (AvgIpc) is 3.85. The van der Waals surface area contributed by atoms with Crippen LogP contribution >= 0.6 is 0 Å². The van der Waals surface area contributed by atoms with Gasteiger partial charge in [0, 0.05) is 44.1 Å². The predicted molar refractivity (Wildman–Crippen MR) is 231 cm³/mol. The molecule has 55 heavy (non-hydrogen) atoms. The van der Waals surface area contributed by atoms with Crippen molar-refractivity contribution in [2.45, 2.75) is 25.7 Å². The number of imidazole rings is 1. The first-order valence-corrected chi connectivity index (χ1v) is 19.3. The first-order valence-electron chi connectivity index (χ1n) is 19.3. The standard InChI is InChI=1S/C51H37N3O/c1-5-16-34(17-6-1)39-25-14-26-42-43-27-15-29-46(50(43)55-49(39)42)53(37-21-9-3-10-22-37)44-28-13-20-35-30-31-41-40(47(35)44)32-33-45-48(41)52-51(36-18-7-2-8-19-36)54(45)38-23-11-4-12-24-38/h1,3,5-7,9-11,13-33H,2,4,8,12H2. The summed E-state index contributed by atoms with van der Waals surface area (Å²) in [5.41, 5.74) is 11.6. The number of benzene rings is 7. The Balaban J connectivity index is 1.18. The van der Waals surface area contributed by atoms with Gasteiger partial charge in [-0.1, -0.05) is 140 Å². The van der Waals surface area contributed by atoms with Crippen LogP contribution in [0.25, 0.3) is 76.9 Å². The molecule has 11 rings (SSSR count). The molecule has 0 fully saturated rings. The van der Waals surface area contributed by atoms with Crippen molar-refractivity contribution in [2.75, 3.05) is 4.90 Å². The maximum Gasteiger partial charge on any atom is 0.159 e. The highest BCUT2D eigenvalue weighted by Crippen LogP contribution is 2.47. The Labute approximate surface area is 319 Å². The lowest BCUT2D eigenvalue weighted by Gasteiger charge is -2.27. The van der Waals surface area contributed by atoms with Crippen molar-refractivity contribution in [1.29, 1.82) is 0 Å². The molecular formula is C51H37N3O. The number of fused-ring (bicyclic) bond motifs is 8. The molecular weight excluding hydrogens is 671 g/mol. The smallest absolute Gasteiger partial charge is 0.159 e. The second kappa shape index (κ2) is 12.9. The summed E-state index contributed by atoms with van der Waals surface area (Å²) in [6.45, 7) is 0. The van der Waals surface area contributed by atoms with Gasteiger partial charge in [-0.3, -0.25) is 4.57 Å². The summed E-state index contributed by atoms with van der Waals surface area (Å²) in [6, 6.07) is 49.9. The summed E-state index contributed by atoms with van der Waals surface area (Å²) in [7, 11) is 0. The van der Waals surface area contributed by atoms with Crippen molar-refractivity contribution < 1.29 is 4.42 Å². The van der Waals surface area contributed by atoms with Crippen LogP contribution in [0.3, 0.4) is 0 Å². The van der Waals surface area contributed by atoms with E-state index >= 15 is 0 Å². The van der Waals surface area contributed by atoms with E-state index in [-0.39, 0.29) is 0 Å². The summed E-state index contributed by atoms with van der Waals surface area (Å²) in [6.07, 6.45) is 17.9. The highest BCUT2D eigenvalue weighted by atomic mass is 16.3. The number of para-hydroxylation sites is 3. The molecule has 0 spiro atoms. The predicted octanol–water partition coefficient (Wildman–Crippen LogP) is 14.3. The fourth-order valence-corrected chi connectivity index (χ4v) is 8.71. The van der Waals surface area contributed by atoms with Crippen molar-refractivity contribution in [1.82, 2.24) is 9.55 Å². The number of hydrogen-bond donors (Lipinski definition) is 0. The van der Waals surface area contributed by atoms with E-state index in [1.165, 1.54) is 27.4 Å². The van der Waals surface area contributed by atoms with Gasteiger partial charge in [0.2, 0.25) is 0 Å². The van der Waals surface area contributed by atoms with Crippen molar-refractivity contribution in [3.63, 3.8) is 0 Å². The van der Waals surface area contributed by atoms with E-state index < -0.39 is 0 Å². The molecule has 2 aliphatic rings. The first kappa shape index (κ1) is 31.6. The molecule has 0 unspecified atom stereocenters. The molecule has 0 amide bonds. The van der Waals surface area contributed by atoms with Crippen LogP contribution in [0.15, 0.2) is 180 Å². The third-order valence-electron chi connectivity index (χ3n) is 11.2. The molecule has 0 saturated heterocycles. The molecule has 0 saturated carbocycles. The number of furan rings is 1. The fourth-order valence-electron chi connectivity index (χ4n) is 8.71. The summed E-state index contributed by atoms with van der Waals surface area (Å²) in [5, 5.41) is 6.85. The lowest BCUT2D eigenvalue weighted by atomic mass is 9.98. The van der Waals surface area contributed by atoms with E-state index in [2.05, 4.69) is 185 Å². The topological polar surface area (TPSA) is 34.2 Å². The Morgan fingerprint density at radius 3 is 2.07 bits per heavy atom. The normalized spacial score (nSPS) is 14.3. The highest BCUT2D eigenvalue weighted by Gasteiger charge is 2.24. The van der Waals surface area contributed by atoms with Gasteiger partial charge in [0.05, 0.1) is 22.4 Å². The molecule has 7 aromatic carbocycles. The van der Waals surface area contributed by atoms with Crippen molar-refractivity contribution >= 4 is 82.8 Å². The van der Waals surface area contributed by atoms with Crippen LogP contribution < -0.4 is 4.90 Å². The van der Waals surface area contributed by atoms with E-state index in [9.17, 15) is 0 Å². The van der Waals surface area contributed by atoms with Gasteiger partial charge < -0.3 is 9.32 Å². The highest BCUT2D eigenvalue weighted by molar-refractivity contribution is 6.22. The number of nitrogens with zero attached hydrogens (tertiary/aromatic N) is 3. The zero-order chi connectivity index (χ0) is 36.3. The number of rotatable bonds is 6. The quantitative estimate of drug-likeness (QED) is 0.161. The van der Waals surface area contributed by atoms with Gasteiger partial charge >= 0.3 is 0 Å². The van der Waals surface area contributed by atoms with Crippen molar-refractivity contribution in [3.05, 3.63) is 182 Å². The summed E-state index contributed by atoms with van der Waals surface area (Å²) in [5.74, 6) is 1.00. The molecule has 4 nitrogen and oxygen atoms in total. The Morgan fingerprint density at radius 1 is 0.545 bits per heavy atom. The lowest BCUT2D eigenvalue weighted by Crippen LogP contribution is -2.10. The minimum atomic E-state index is 0.857. The van der Waals surface area contributed by atoms with Crippen LogP contribution in [0.2, 0.25) is 0 Å². The van der Waals surface area contributed by atoms with E-state index in [0.29, 0.717) is 0 Å². The van der Waals surface area contributed by atoms with Crippen molar-refractivity contribution in [3.8, 4) is 11.1 Å². The molecule has 2 aliphatic carbocycles. The van der Waals surface area contributed by atoms with Crippen molar-refractivity contribution in [2.24, 2.45) is 0 Å². The maximum atomic E-state index is 7.01. The van der Waals surface area contributed by atoms with Gasteiger partial charge in [-0.05, 0) is 78.4 Å². The van der Waals surface area contributed by atoms with Crippen LogP contribution in [0.5, 0.6) is 0 Å². The lowest BCUT2D eigenvalue weighted by molar-refractivity contribution is 0.670. The van der Waals surface area contributed by atoms with Crippen LogP contribution in [-0.2, 0) is 0 Å². The molecule has 0 N–H and O–H groups in total. The molecule has 0 atom stereocenters. The Kier molecular flexibility index (Phi) is 7.41. The zero-order valence-corrected chi connectivity index (χ0v) is 30.3. The minimum Gasteiger partial charge on any atom is -0.453 e. The van der Waals surface area contributed by atoms with Crippen LogP contribution in [-0.4, -0.2) is 9.55 Å². The second-order valence-electron chi connectivity index (χ2n) is 14.5. The summed E-state index contributed by atoms with van der Waals surface area (Å²) in [4.78, 5) is 7.85.